The Labute approximate surface area is 210 Å². The van der Waals surface area contributed by atoms with E-state index in [1.807, 2.05) is 6.07 Å². The number of carbonyl (C=O) groups excluding carboxylic acids is 2. The number of rotatable bonds is 8. The van der Waals surface area contributed by atoms with Crippen molar-refractivity contribution in [3.63, 3.8) is 0 Å². The van der Waals surface area contributed by atoms with Crippen molar-refractivity contribution in [2.24, 2.45) is 5.92 Å². The molecule has 8 heteroatoms. The molecule has 1 aromatic carbocycles. The maximum Gasteiger partial charge on any atom is 0.232 e. The van der Waals surface area contributed by atoms with Crippen LogP contribution in [0.2, 0.25) is 0 Å². The lowest BCUT2D eigenvalue weighted by Gasteiger charge is -2.22. The number of amides is 1. The highest BCUT2D eigenvalue weighted by Gasteiger charge is 2.41. The quantitative estimate of drug-likeness (QED) is 0.529. The van der Waals surface area contributed by atoms with Gasteiger partial charge in [-0.3, -0.25) is 9.59 Å². The molecule has 1 N–H and O–H groups in total. The first-order chi connectivity index (χ1) is 16.8. The van der Waals surface area contributed by atoms with Gasteiger partial charge in [-0.2, -0.15) is 5.26 Å². The zero-order chi connectivity index (χ0) is 24.6. The van der Waals surface area contributed by atoms with E-state index in [2.05, 4.69) is 11.4 Å². The summed E-state index contributed by atoms with van der Waals surface area (Å²) in [6, 6.07) is 7.54. The molecule has 1 amide bonds. The molecule has 5 rings (SSSR count). The van der Waals surface area contributed by atoms with E-state index in [0.717, 1.165) is 43.2 Å². The minimum atomic E-state index is -3.33. The van der Waals surface area contributed by atoms with Crippen LogP contribution in [0.5, 0.6) is 0 Å². The average Bonchev–Trinajstić information content (AvgIpc) is 3.74. The van der Waals surface area contributed by atoms with Gasteiger partial charge in [-0.1, -0.05) is 30.0 Å². The summed E-state index contributed by atoms with van der Waals surface area (Å²) in [7, 11) is -3.33. The Bertz CT molecular complexity index is 1290. The SMILES string of the molecule is N#CC1=CSC(NC(=O)[C@H](C[C@H]2CCC(=O)C2)c2ccc(S(=O)(=O)C3CC3)c(C3CC3)c2)=CC=C1. The van der Waals surface area contributed by atoms with Gasteiger partial charge in [0.25, 0.3) is 0 Å². The molecule has 2 atom stereocenters. The molecule has 0 unspecified atom stereocenters. The third kappa shape index (κ3) is 5.46. The van der Waals surface area contributed by atoms with Gasteiger partial charge in [0.2, 0.25) is 5.91 Å². The molecule has 6 nitrogen and oxygen atoms in total. The summed E-state index contributed by atoms with van der Waals surface area (Å²) in [5.74, 6) is -0.0626. The van der Waals surface area contributed by atoms with E-state index in [9.17, 15) is 18.0 Å². The van der Waals surface area contributed by atoms with E-state index in [1.165, 1.54) is 11.8 Å². The Morgan fingerprint density at radius 3 is 2.66 bits per heavy atom. The molecule has 4 aliphatic rings. The molecule has 0 spiro atoms. The molecule has 3 fully saturated rings. The van der Waals surface area contributed by atoms with Gasteiger partial charge < -0.3 is 5.32 Å². The molecule has 3 aliphatic carbocycles. The number of thioether (sulfide) groups is 1. The van der Waals surface area contributed by atoms with Crippen LogP contribution in [0.15, 0.2) is 57.3 Å². The van der Waals surface area contributed by atoms with Gasteiger partial charge in [-0.15, -0.1) is 0 Å². The van der Waals surface area contributed by atoms with Gasteiger partial charge in [0.15, 0.2) is 9.84 Å². The number of benzene rings is 1. The van der Waals surface area contributed by atoms with E-state index in [4.69, 9.17) is 5.26 Å². The van der Waals surface area contributed by atoms with Crippen molar-refractivity contribution in [2.45, 2.75) is 73.3 Å². The summed E-state index contributed by atoms with van der Waals surface area (Å²) in [5.41, 5.74) is 2.17. The van der Waals surface area contributed by atoms with Crippen LogP contribution in [0.25, 0.3) is 0 Å². The maximum absolute atomic E-state index is 13.6. The molecule has 0 aromatic heterocycles. The maximum atomic E-state index is 13.6. The lowest BCUT2D eigenvalue weighted by Crippen LogP contribution is -2.29. The highest BCUT2D eigenvalue weighted by molar-refractivity contribution is 8.05. The standard InChI is InChI=1S/C27H28N2O4S2/c28-15-18-2-1-3-26(34-16-18)29-27(31)24(13-17-4-8-21(30)12-17)20-7-11-25(23(14-20)19-5-6-19)35(32,33)22-9-10-22/h1-3,7,11,14,16-17,19,22,24H,4-6,8-10,12-13H2,(H,29,31)/t17-,24+/m0/s1. The minimum Gasteiger partial charge on any atom is -0.320 e. The molecule has 35 heavy (non-hydrogen) atoms. The van der Waals surface area contributed by atoms with Crippen molar-refractivity contribution in [3.05, 3.63) is 63.6 Å². The van der Waals surface area contributed by atoms with E-state index in [1.54, 1.807) is 35.8 Å². The van der Waals surface area contributed by atoms with Crippen LogP contribution >= 0.6 is 11.8 Å². The van der Waals surface area contributed by atoms with Gasteiger partial charge in [0.1, 0.15) is 5.78 Å². The van der Waals surface area contributed by atoms with Crippen LogP contribution in [0.3, 0.4) is 0 Å². The van der Waals surface area contributed by atoms with Gasteiger partial charge in [-0.25, -0.2) is 8.42 Å². The molecule has 0 saturated heterocycles. The first kappa shape index (κ1) is 24.1. The molecular weight excluding hydrogens is 480 g/mol. The van der Waals surface area contributed by atoms with E-state index in [-0.39, 0.29) is 28.8 Å². The third-order valence-corrected chi connectivity index (χ3v) is 10.4. The number of Topliss-reactive ketones (excluding diaryl/α,β-unsaturated/α-hetero) is 1. The fraction of sp³-hybridized carbons (Fsp3) is 0.444. The van der Waals surface area contributed by atoms with E-state index < -0.39 is 15.8 Å². The number of sulfone groups is 1. The monoisotopic (exact) mass is 508 g/mol. The molecule has 1 heterocycles. The number of nitriles is 1. The zero-order valence-corrected chi connectivity index (χ0v) is 21.0. The highest BCUT2D eigenvalue weighted by Crippen LogP contribution is 2.47. The third-order valence-electron chi connectivity index (χ3n) is 7.17. The van der Waals surface area contributed by atoms with Crippen LogP contribution in [0.1, 0.15) is 74.3 Å². The topological polar surface area (TPSA) is 104 Å². The van der Waals surface area contributed by atoms with Crippen LogP contribution < -0.4 is 5.32 Å². The Kier molecular flexibility index (Phi) is 6.73. The van der Waals surface area contributed by atoms with Crippen molar-refractivity contribution in [1.29, 1.82) is 5.26 Å². The zero-order valence-electron chi connectivity index (χ0n) is 19.4. The second-order valence-electron chi connectivity index (χ2n) is 9.93. The number of nitrogens with zero attached hydrogens (tertiary/aromatic N) is 1. The lowest BCUT2D eigenvalue weighted by molar-refractivity contribution is -0.122. The molecule has 182 valence electrons. The first-order valence-electron chi connectivity index (χ1n) is 12.2. The van der Waals surface area contributed by atoms with Gasteiger partial charge in [0.05, 0.1) is 32.7 Å². The Balaban J connectivity index is 1.44. The Hall–Kier alpha value is -2.63. The van der Waals surface area contributed by atoms with E-state index >= 15 is 0 Å². The molecule has 0 bridgehead atoms. The molecule has 3 saturated carbocycles. The summed E-state index contributed by atoms with van der Waals surface area (Å²) >= 11 is 1.28. The predicted octanol–water partition coefficient (Wildman–Crippen LogP) is 5.01. The minimum absolute atomic E-state index is 0.137. The van der Waals surface area contributed by atoms with E-state index in [0.29, 0.717) is 34.8 Å². The van der Waals surface area contributed by atoms with Gasteiger partial charge in [-0.05, 0) is 85.1 Å². The second kappa shape index (κ2) is 9.79. The highest BCUT2D eigenvalue weighted by atomic mass is 32.2. The van der Waals surface area contributed by atoms with Crippen molar-refractivity contribution in [2.75, 3.05) is 0 Å². The van der Waals surface area contributed by atoms with Crippen molar-refractivity contribution >= 4 is 33.3 Å². The number of nitrogens with one attached hydrogen (secondary N) is 1. The Morgan fingerprint density at radius 2 is 2.00 bits per heavy atom. The van der Waals surface area contributed by atoms with Crippen LogP contribution in [0.4, 0.5) is 0 Å². The van der Waals surface area contributed by atoms with Crippen LogP contribution in [0, 0.1) is 17.2 Å². The van der Waals surface area contributed by atoms with Crippen molar-refractivity contribution in [1.82, 2.24) is 5.32 Å². The largest absolute Gasteiger partial charge is 0.320 e. The molecular formula is C27H28N2O4S2. The smallest absolute Gasteiger partial charge is 0.232 e. The predicted molar refractivity (Wildman–Crippen MR) is 135 cm³/mol. The first-order valence-corrected chi connectivity index (χ1v) is 14.6. The van der Waals surface area contributed by atoms with Gasteiger partial charge >= 0.3 is 0 Å². The summed E-state index contributed by atoms with van der Waals surface area (Å²) < 4.78 is 26.1. The van der Waals surface area contributed by atoms with Gasteiger partial charge in [0, 0.05) is 12.8 Å². The number of hydrogen-bond donors (Lipinski definition) is 1. The molecule has 0 radical (unpaired) electrons. The van der Waals surface area contributed by atoms with Crippen LogP contribution in [-0.2, 0) is 19.4 Å². The average molecular weight is 509 g/mol. The van der Waals surface area contributed by atoms with Crippen molar-refractivity contribution < 1.29 is 18.0 Å². The fourth-order valence-electron chi connectivity index (χ4n) is 4.92. The molecule has 1 aliphatic heterocycles. The summed E-state index contributed by atoms with van der Waals surface area (Å²) in [6.07, 6.45) is 10.9. The molecule has 1 aromatic rings. The number of hydrogen-bond acceptors (Lipinski definition) is 6. The lowest BCUT2D eigenvalue weighted by atomic mass is 9.86. The summed E-state index contributed by atoms with van der Waals surface area (Å²) in [6.45, 7) is 0. The summed E-state index contributed by atoms with van der Waals surface area (Å²) in [5, 5.41) is 14.2. The fourth-order valence-corrected chi connectivity index (χ4v) is 7.55. The number of allylic oxidation sites excluding steroid dienone is 4. The second-order valence-corrected chi connectivity index (χ2v) is 13.0. The normalized spacial score (nSPS) is 23.2. The number of ketones is 1. The van der Waals surface area contributed by atoms with Crippen molar-refractivity contribution in [3.8, 4) is 6.07 Å². The number of carbonyl (C=O) groups is 2. The Morgan fingerprint density at radius 1 is 1.20 bits per heavy atom. The van der Waals surface area contributed by atoms with Crippen LogP contribution in [-0.4, -0.2) is 25.4 Å². The summed E-state index contributed by atoms with van der Waals surface area (Å²) in [4.78, 5) is 25.9.